The average Bonchev–Trinajstić information content (AvgIpc) is 3.05. The van der Waals surface area contributed by atoms with Crippen LogP contribution in [0.4, 0.5) is 0 Å². The molecule has 0 bridgehead atoms. The first-order valence-electron chi connectivity index (χ1n) is 8.16. The number of esters is 1. The third kappa shape index (κ3) is 5.86. The van der Waals surface area contributed by atoms with Crippen molar-refractivity contribution in [2.75, 3.05) is 13.2 Å². The number of nitrogens with zero attached hydrogens (tertiary/aromatic N) is 1. The Morgan fingerprint density at radius 2 is 1.96 bits per heavy atom. The predicted octanol–water partition coefficient (Wildman–Crippen LogP) is 3.28. The molecule has 2 aromatic rings. The maximum atomic E-state index is 12.1. The number of aromatic nitrogens is 1. The summed E-state index contributed by atoms with van der Waals surface area (Å²) < 4.78 is 10.4. The van der Waals surface area contributed by atoms with E-state index in [0.29, 0.717) is 12.3 Å². The van der Waals surface area contributed by atoms with Crippen LogP contribution in [0.1, 0.15) is 37.7 Å². The lowest BCUT2D eigenvalue weighted by molar-refractivity contribution is -0.147. The summed E-state index contributed by atoms with van der Waals surface area (Å²) in [6.07, 6.45) is -0.0156. The number of rotatable bonds is 8. The van der Waals surface area contributed by atoms with E-state index in [4.69, 9.17) is 9.47 Å². The van der Waals surface area contributed by atoms with Crippen molar-refractivity contribution < 1.29 is 19.1 Å². The molecule has 1 N–H and O–H groups in total. The van der Waals surface area contributed by atoms with Crippen LogP contribution in [0.25, 0.3) is 10.6 Å². The van der Waals surface area contributed by atoms with Crippen LogP contribution in [-0.2, 0) is 9.53 Å². The number of carbonyl (C=O) groups excluding carboxylic acids is 2. The lowest BCUT2D eigenvalue weighted by atomic mass is 10.2. The van der Waals surface area contributed by atoms with Crippen molar-refractivity contribution in [3.05, 3.63) is 35.3 Å². The predicted molar refractivity (Wildman–Crippen MR) is 96.9 cm³/mol. The zero-order chi connectivity index (χ0) is 18.2. The van der Waals surface area contributed by atoms with Crippen molar-refractivity contribution in [2.45, 2.75) is 33.3 Å². The minimum absolute atomic E-state index is 0.139. The number of benzene rings is 1. The van der Waals surface area contributed by atoms with E-state index in [-0.39, 0.29) is 30.9 Å². The molecular weight excluding hydrogens is 340 g/mol. The Balaban J connectivity index is 1.89. The average molecular weight is 362 g/mol. The molecule has 0 spiro atoms. The van der Waals surface area contributed by atoms with Crippen LogP contribution in [0.15, 0.2) is 29.6 Å². The van der Waals surface area contributed by atoms with Crippen LogP contribution in [0, 0.1) is 0 Å². The fourth-order valence-corrected chi connectivity index (χ4v) is 2.87. The van der Waals surface area contributed by atoms with Gasteiger partial charge in [-0.1, -0.05) is 0 Å². The zero-order valence-electron chi connectivity index (χ0n) is 14.6. The molecule has 7 heteroatoms. The van der Waals surface area contributed by atoms with Crippen molar-refractivity contribution in [1.29, 1.82) is 0 Å². The molecule has 2 rings (SSSR count). The fraction of sp³-hybridized carbons (Fsp3) is 0.389. The van der Waals surface area contributed by atoms with E-state index in [0.717, 1.165) is 16.3 Å². The SMILES string of the molecule is CCOc1ccc(-c2nc(C(=O)NCCC(=O)OC(C)C)cs2)cc1. The van der Waals surface area contributed by atoms with Gasteiger partial charge >= 0.3 is 5.97 Å². The van der Waals surface area contributed by atoms with Gasteiger partial charge in [-0.25, -0.2) is 4.98 Å². The van der Waals surface area contributed by atoms with Gasteiger partial charge in [0.2, 0.25) is 0 Å². The Kier molecular flexibility index (Phi) is 6.94. The first-order chi connectivity index (χ1) is 12.0. The summed E-state index contributed by atoms with van der Waals surface area (Å²) in [7, 11) is 0. The standard InChI is InChI=1S/C18H22N2O4S/c1-4-23-14-7-5-13(6-8-14)18-20-15(11-25-18)17(22)19-10-9-16(21)24-12(2)3/h5-8,11-12H,4,9-10H2,1-3H3,(H,19,22). The summed E-state index contributed by atoms with van der Waals surface area (Å²) in [5.74, 6) is 0.170. The van der Waals surface area contributed by atoms with Crippen molar-refractivity contribution >= 4 is 23.2 Å². The number of nitrogens with one attached hydrogen (secondary N) is 1. The van der Waals surface area contributed by atoms with Crippen LogP contribution >= 0.6 is 11.3 Å². The summed E-state index contributed by atoms with van der Waals surface area (Å²) in [4.78, 5) is 27.9. The summed E-state index contributed by atoms with van der Waals surface area (Å²) in [6, 6.07) is 7.57. The molecule has 1 aromatic heterocycles. The van der Waals surface area contributed by atoms with Crippen molar-refractivity contribution in [1.82, 2.24) is 10.3 Å². The maximum Gasteiger partial charge on any atom is 0.307 e. The van der Waals surface area contributed by atoms with Gasteiger partial charge in [-0.2, -0.15) is 0 Å². The summed E-state index contributed by atoms with van der Waals surface area (Å²) in [6.45, 7) is 6.34. The lowest BCUT2D eigenvalue weighted by Gasteiger charge is -2.07. The van der Waals surface area contributed by atoms with E-state index in [1.807, 2.05) is 31.2 Å². The van der Waals surface area contributed by atoms with E-state index in [1.165, 1.54) is 11.3 Å². The van der Waals surface area contributed by atoms with Crippen molar-refractivity contribution in [3.63, 3.8) is 0 Å². The second-order valence-corrected chi connectivity index (χ2v) is 6.40. The molecule has 1 heterocycles. The maximum absolute atomic E-state index is 12.1. The molecule has 0 saturated heterocycles. The minimum atomic E-state index is -0.330. The largest absolute Gasteiger partial charge is 0.494 e. The third-order valence-corrected chi connectivity index (χ3v) is 4.02. The van der Waals surface area contributed by atoms with Crippen LogP contribution in [0.3, 0.4) is 0 Å². The quantitative estimate of drug-likeness (QED) is 0.729. The topological polar surface area (TPSA) is 77.5 Å². The molecule has 0 unspecified atom stereocenters. The highest BCUT2D eigenvalue weighted by molar-refractivity contribution is 7.13. The first-order valence-corrected chi connectivity index (χ1v) is 9.04. The summed E-state index contributed by atoms with van der Waals surface area (Å²) in [5.41, 5.74) is 1.26. The Labute approximate surface area is 151 Å². The van der Waals surface area contributed by atoms with Gasteiger partial charge in [0.25, 0.3) is 5.91 Å². The molecule has 0 fully saturated rings. The Morgan fingerprint density at radius 1 is 1.24 bits per heavy atom. The molecule has 0 saturated carbocycles. The molecule has 0 aliphatic rings. The molecule has 0 aliphatic carbocycles. The van der Waals surface area contributed by atoms with E-state index in [9.17, 15) is 9.59 Å². The van der Waals surface area contributed by atoms with Crippen molar-refractivity contribution in [3.8, 4) is 16.3 Å². The van der Waals surface area contributed by atoms with Gasteiger partial charge in [-0.3, -0.25) is 9.59 Å². The number of carbonyl (C=O) groups is 2. The Morgan fingerprint density at radius 3 is 2.60 bits per heavy atom. The number of amides is 1. The van der Waals surface area contributed by atoms with Gasteiger partial charge in [-0.15, -0.1) is 11.3 Å². The number of hydrogen-bond acceptors (Lipinski definition) is 6. The van der Waals surface area contributed by atoms with Crippen LogP contribution in [0.5, 0.6) is 5.75 Å². The van der Waals surface area contributed by atoms with Crippen LogP contribution in [0.2, 0.25) is 0 Å². The van der Waals surface area contributed by atoms with Crippen molar-refractivity contribution in [2.24, 2.45) is 0 Å². The Hall–Kier alpha value is -2.41. The van der Waals surface area contributed by atoms with Gasteiger partial charge in [0.15, 0.2) is 0 Å². The number of hydrogen-bond donors (Lipinski definition) is 1. The van der Waals surface area contributed by atoms with Gasteiger partial charge < -0.3 is 14.8 Å². The second kappa shape index (κ2) is 9.17. The highest BCUT2D eigenvalue weighted by Gasteiger charge is 2.13. The molecule has 0 atom stereocenters. The number of ether oxygens (including phenoxy) is 2. The monoisotopic (exact) mass is 362 g/mol. The van der Waals surface area contributed by atoms with E-state index in [1.54, 1.807) is 19.2 Å². The van der Waals surface area contributed by atoms with Crippen LogP contribution in [-0.4, -0.2) is 36.1 Å². The molecule has 1 amide bonds. The van der Waals surface area contributed by atoms with E-state index < -0.39 is 0 Å². The highest BCUT2D eigenvalue weighted by atomic mass is 32.1. The molecule has 25 heavy (non-hydrogen) atoms. The molecule has 0 radical (unpaired) electrons. The first kappa shape index (κ1) is 18.9. The van der Waals surface area contributed by atoms with Gasteiger partial charge in [0.05, 0.1) is 19.1 Å². The fourth-order valence-electron chi connectivity index (χ4n) is 2.06. The highest BCUT2D eigenvalue weighted by Crippen LogP contribution is 2.25. The van der Waals surface area contributed by atoms with Gasteiger partial charge in [0.1, 0.15) is 16.5 Å². The summed E-state index contributed by atoms with van der Waals surface area (Å²) in [5, 5.41) is 5.14. The molecule has 1 aromatic carbocycles. The summed E-state index contributed by atoms with van der Waals surface area (Å²) >= 11 is 1.39. The second-order valence-electron chi connectivity index (χ2n) is 5.54. The van der Waals surface area contributed by atoms with Crippen LogP contribution < -0.4 is 10.1 Å². The van der Waals surface area contributed by atoms with E-state index >= 15 is 0 Å². The molecular formula is C18H22N2O4S. The molecule has 0 aliphatic heterocycles. The van der Waals surface area contributed by atoms with E-state index in [2.05, 4.69) is 10.3 Å². The number of thiazole rings is 1. The molecule has 6 nitrogen and oxygen atoms in total. The zero-order valence-corrected chi connectivity index (χ0v) is 15.4. The van der Waals surface area contributed by atoms with Gasteiger partial charge in [-0.05, 0) is 45.0 Å². The lowest BCUT2D eigenvalue weighted by Crippen LogP contribution is -2.27. The minimum Gasteiger partial charge on any atom is -0.494 e. The van der Waals surface area contributed by atoms with Gasteiger partial charge in [0, 0.05) is 17.5 Å². The normalized spacial score (nSPS) is 10.6. The Bertz CT molecular complexity index is 710. The smallest absolute Gasteiger partial charge is 0.307 e. The molecule has 134 valence electrons. The third-order valence-electron chi connectivity index (χ3n) is 3.13.